The number of rotatable bonds is 5. The Kier molecular flexibility index (Phi) is 4.66. The lowest BCUT2D eigenvalue weighted by Gasteiger charge is -2.01. The molecular weight excluding hydrogens is 348 g/mol. The largest absolute Gasteiger partial charge is 0.271 e. The zero-order valence-corrected chi connectivity index (χ0v) is 13.4. The van der Waals surface area contributed by atoms with Gasteiger partial charge in [0.2, 0.25) is 0 Å². The number of aromatic nitrogens is 3. The zero-order valence-electron chi connectivity index (χ0n) is 12.7. The van der Waals surface area contributed by atoms with E-state index in [1.807, 2.05) is 12.1 Å². The van der Waals surface area contributed by atoms with Crippen LogP contribution in [0.5, 0.6) is 0 Å². The van der Waals surface area contributed by atoms with Gasteiger partial charge in [0.25, 0.3) is 11.6 Å². The molecule has 25 heavy (non-hydrogen) atoms. The molecule has 10 heteroatoms. The summed E-state index contributed by atoms with van der Waals surface area (Å²) in [5.41, 5.74) is 3.93. The quantitative estimate of drug-likeness (QED) is 0.426. The van der Waals surface area contributed by atoms with Gasteiger partial charge in [0, 0.05) is 22.7 Å². The Balaban J connectivity index is 1.67. The van der Waals surface area contributed by atoms with Crippen LogP contribution in [0.15, 0.2) is 47.6 Å². The number of halogens is 1. The highest BCUT2D eigenvalue weighted by Crippen LogP contribution is 2.20. The molecule has 0 unspecified atom stereocenters. The van der Waals surface area contributed by atoms with Crippen molar-refractivity contribution in [2.45, 2.75) is 6.54 Å². The fourth-order valence-electron chi connectivity index (χ4n) is 2.12. The van der Waals surface area contributed by atoms with Crippen molar-refractivity contribution in [3.63, 3.8) is 0 Å². The molecule has 126 valence electrons. The number of hydrogen-bond donors (Lipinski definition) is 1. The molecule has 0 fully saturated rings. The first-order chi connectivity index (χ1) is 12.0. The number of fused-ring (bicyclic) bond motifs is 1. The van der Waals surface area contributed by atoms with Crippen molar-refractivity contribution in [2.24, 2.45) is 5.10 Å². The van der Waals surface area contributed by atoms with Crippen molar-refractivity contribution < 1.29 is 9.72 Å². The monoisotopic (exact) mass is 358 g/mol. The maximum Gasteiger partial charge on any atom is 0.270 e. The normalized spacial score (nSPS) is 11.1. The lowest BCUT2D eigenvalue weighted by Crippen LogP contribution is -2.23. The van der Waals surface area contributed by atoms with Crippen LogP contribution in [0.25, 0.3) is 11.0 Å². The Morgan fingerprint density at radius 1 is 1.36 bits per heavy atom. The number of nitro benzene ring substituents is 1. The van der Waals surface area contributed by atoms with Gasteiger partial charge in [-0.2, -0.15) is 5.10 Å². The second kappa shape index (κ2) is 7.05. The summed E-state index contributed by atoms with van der Waals surface area (Å²) in [7, 11) is 0. The van der Waals surface area contributed by atoms with Crippen LogP contribution in [-0.4, -0.2) is 32.0 Å². The van der Waals surface area contributed by atoms with E-state index in [4.69, 9.17) is 11.6 Å². The van der Waals surface area contributed by atoms with E-state index in [1.165, 1.54) is 29.1 Å². The highest BCUT2D eigenvalue weighted by molar-refractivity contribution is 6.33. The summed E-state index contributed by atoms with van der Waals surface area (Å²) in [6, 6.07) is 11.2. The molecule has 0 radical (unpaired) electrons. The Morgan fingerprint density at radius 3 is 2.96 bits per heavy atom. The molecule has 0 atom stereocenters. The highest BCUT2D eigenvalue weighted by Gasteiger charge is 2.09. The zero-order chi connectivity index (χ0) is 17.8. The molecule has 0 bridgehead atoms. The first-order valence-electron chi connectivity index (χ1n) is 7.08. The van der Waals surface area contributed by atoms with Gasteiger partial charge in [-0.3, -0.25) is 14.9 Å². The minimum absolute atomic E-state index is 0.0689. The van der Waals surface area contributed by atoms with Crippen LogP contribution in [0.3, 0.4) is 0 Å². The third kappa shape index (κ3) is 3.78. The van der Waals surface area contributed by atoms with E-state index >= 15 is 0 Å². The van der Waals surface area contributed by atoms with Gasteiger partial charge in [-0.25, -0.2) is 10.1 Å². The third-order valence-electron chi connectivity index (χ3n) is 3.30. The molecule has 1 N–H and O–H groups in total. The van der Waals surface area contributed by atoms with Crippen molar-refractivity contribution in [2.75, 3.05) is 0 Å². The van der Waals surface area contributed by atoms with E-state index in [0.717, 1.165) is 5.52 Å². The molecule has 2 aromatic carbocycles. The standard InChI is InChI=1S/C15H11ClN6O3/c16-12-6-5-11(22(24)25)7-10(12)8-17-19-15(23)9-21-14-4-2-1-3-13(14)18-20-21/h1-8H,9H2,(H,19,23). The maximum atomic E-state index is 11.9. The number of carbonyl (C=O) groups excluding carboxylic acids is 1. The van der Waals surface area contributed by atoms with E-state index in [-0.39, 0.29) is 17.3 Å². The van der Waals surface area contributed by atoms with E-state index in [1.54, 1.807) is 12.1 Å². The summed E-state index contributed by atoms with van der Waals surface area (Å²) in [6.45, 7) is -0.0689. The second-order valence-corrected chi connectivity index (χ2v) is 5.40. The van der Waals surface area contributed by atoms with Crippen molar-refractivity contribution in [3.05, 3.63) is 63.2 Å². The summed E-state index contributed by atoms with van der Waals surface area (Å²) >= 11 is 5.95. The Hall–Kier alpha value is -3.33. The predicted octanol–water partition coefficient (Wildman–Crippen LogP) is 2.14. The molecule has 1 amide bonds. The van der Waals surface area contributed by atoms with Crippen molar-refractivity contribution in [3.8, 4) is 0 Å². The number of nitrogens with one attached hydrogen (secondary N) is 1. The van der Waals surface area contributed by atoms with Crippen LogP contribution in [-0.2, 0) is 11.3 Å². The molecule has 3 rings (SSSR count). The topological polar surface area (TPSA) is 115 Å². The fraction of sp³-hybridized carbons (Fsp3) is 0.0667. The lowest BCUT2D eigenvalue weighted by atomic mass is 10.2. The van der Waals surface area contributed by atoms with Crippen LogP contribution >= 0.6 is 11.6 Å². The Labute approximate surface area is 146 Å². The van der Waals surface area contributed by atoms with E-state index in [2.05, 4.69) is 20.8 Å². The van der Waals surface area contributed by atoms with Gasteiger partial charge < -0.3 is 0 Å². The number of hydrogen-bond acceptors (Lipinski definition) is 6. The average Bonchev–Trinajstić information content (AvgIpc) is 2.99. The summed E-state index contributed by atoms with van der Waals surface area (Å²) < 4.78 is 1.44. The van der Waals surface area contributed by atoms with Gasteiger partial charge in [-0.15, -0.1) is 5.10 Å². The number of nitrogens with zero attached hydrogens (tertiary/aromatic N) is 5. The summed E-state index contributed by atoms with van der Waals surface area (Å²) in [4.78, 5) is 22.2. The summed E-state index contributed by atoms with van der Waals surface area (Å²) in [6.07, 6.45) is 1.24. The number of non-ortho nitro benzene ring substituents is 1. The van der Waals surface area contributed by atoms with Crippen LogP contribution in [0, 0.1) is 10.1 Å². The molecule has 0 saturated carbocycles. The minimum Gasteiger partial charge on any atom is -0.271 e. The fourth-order valence-corrected chi connectivity index (χ4v) is 2.29. The SMILES string of the molecule is O=C(Cn1nnc2ccccc21)NN=Cc1cc([N+](=O)[O-])ccc1Cl. The number of benzene rings is 2. The van der Waals surface area contributed by atoms with Crippen molar-refractivity contribution >= 4 is 40.4 Å². The van der Waals surface area contributed by atoms with Gasteiger partial charge in [-0.1, -0.05) is 28.9 Å². The molecule has 0 aliphatic carbocycles. The van der Waals surface area contributed by atoms with Crippen molar-refractivity contribution in [1.82, 2.24) is 20.4 Å². The molecule has 0 saturated heterocycles. The molecule has 0 aliphatic heterocycles. The van der Waals surface area contributed by atoms with Crippen LogP contribution in [0.2, 0.25) is 5.02 Å². The second-order valence-electron chi connectivity index (χ2n) is 4.99. The average molecular weight is 359 g/mol. The van der Waals surface area contributed by atoms with Gasteiger partial charge in [0.05, 0.1) is 16.7 Å². The molecule has 1 aromatic heterocycles. The molecular formula is C15H11ClN6O3. The minimum atomic E-state index is -0.540. The van der Waals surface area contributed by atoms with E-state index in [0.29, 0.717) is 11.1 Å². The maximum absolute atomic E-state index is 11.9. The first-order valence-corrected chi connectivity index (χ1v) is 7.46. The molecule has 9 nitrogen and oxygen atoms in total. The molecule has 0 spiro atoms. The van der Waals surface area contributed by atoms with Gasteiger partial charge in [0.1, 0.15) is 12.1 Å². The van der Waals surface area contributed by atoms with Crippen LogP contribution < -0.4 is 5.43 Å². The first kappa shape index (κ1) is 16.5. The Morgan fingerprint density at radius 2 is 2.16 bits per heavy atom. The molecule has 1 heterocycles. The number of para-hydroxylation sites is 1. The van der Waals surface area contributed by atoms with E-state index < -0.39 is 10.8 Å². The highest BCUT2D eigenvalue weighted by atomic mass is 35.5. The summed E-state index contributed by atoms with van der Waals surface area (Å²) in [5, 5.41) is 22.7. The number of nitro groups is 1. The summed E-state index contributed by atoms with van der Waals surface area (Å²) in [5.74, 6) is -0.423. The smallest absolute Gasteiger partial charge is 0.270 e. The lowest BCUT2D eigenvalue weighted by molar-refractivity contribution is -0.384. The van der Waals surface area contributed by atoms with Gasteiger partial charge in [0.15, 0.2) is 0 Å². The van der Waals surface area contributed by atoms with Gasteiger partial charge in [-0.05, 0) is 18.2 Å². The van der Waals surface area contributed by atoms with Crippen molar-refractivity contribution in [1.29, 1.82) is 0 Å². The number of carbonyl (C=O) groups is 1. The third-order valence-corrected chi connectivity index (χ3v) is 3.64. The predicted molar refractivity (Wildman–Crippen MR) is 91.4 cm³/mol. The Bertz CT molecular complexity index is 984. The van der Waals surface area contributed by atoms with Crippen LogP contribution in [0.1, 0.15) is 5.56 Å². The molecule has 3 aromatic rings. The van der Waals surface area contributed by atoms with E-state index in [9.17, 15) is 14.9 Å². The van der Waals surface area contributed by atoms with Crippen LogP contribution in [0.4, 0.5) is 5.69 Å². The van der Waals surface area contributed by atoms with Gasteiger partial charge >= 0.3 is 0 Å². The molecule has 0 aliphatic rings. The number of hydrazone groups is 1. The number of amides is 1.